The van der Waals surface area contributed by atoms with Crippen LogP contribution in [0, 0.1) is 0 Å². The predicted molar refractivity (Wildman–Crippen MR) is 107 cm³/mol. The third kappa shape index (κ3) is 3.39. The topological polar surface area (TPSA) is 88.9 Å². The molecular weight excluding hydrogens is 362 g/mol. The number of aromatic nitrogens is 3. The molecule has 8 heteroatoms. The van der Waals surface area contributed by atoms with Crippen molar-refractivity contribution in [2.24, 2.45) is 7.05 Å². The van der Waals surface area contributed by atoms with Crippen molar-refractivity contribution in [3.05, 3.63) is 64.6 Å². The summed E-state index contributed by atoms with van der Waals surface area (Å²) in [6, 6.07) is 14.9. The molecule has 136 valence electrons. The average Bonchev–Trinajstić information content (AvgIpc) is 3.11. The zero-order valence-corrected chi connectivity index (χ0v) is 15.4. The molecule has 0 unspecified atom stereocenters. The van der Waals surface area contributed by atoms with E-state index >= 15 is 0 Å². The van der Waals surface area contributed by atoms with Crippen molar-refractivity contribution in [3.8, 4) is 0 Å². The summed E-state index contributed by atoms with van der Waals surface area (Å²) >= 11 is 1.57. The highest BCUT2D eigenvalue weighted by atomic mass is 32.1. The quantitative estimate of drug-likeness (QED) is 0.520. The number of para-hydroxylation sites is 1. The van der Waals surface area contributed by atoms with Crippen LogP contribution in [0.5, 0.6) is 0 Å². The number of carbonyl (C=O) groups is 1. The smallest absolute Gasteiger partial charge is 0.274 e. The molecule has 1 amide bonds. The highest BCUT2D eigenvalue weighted by Gasteiger charge is 2.15. The van der Waals surface area contributed by atoms with Crippen molar-refractivity contribution in [1.82, 2.24) is 20.1 Å². The molecule has 0 aliphatic rings. The van der Waals surface area contributed by atoms with Gasteiger partial charge in [-0.15, -0.1) is 0 Å². The van der Waals surface area contributed by atoms with Crippen LogP contribution in [0.2, 0.25) is 0 Å². The van der Waals surface area contributed by atoms with Gasteiger partial charge in [-0.05, 0) is 18.2 Å². The molecule has 0 aliphatic heterocycles. The monoisotopic (exact) mass is 379 g/mol. The number of carbonyl (C=O) groups excluding carboxylic acids is 1. The van der Waals surface area contributed by atoms with Crippen LogP contribution in [0.15, 0.2) is 53.3 Å². The van der Waals surface area contributed by atoms with Gasteiger partial charge in [-0.3, -0.25) is 9.59 Å². The lowest BCUT2D eigenvalue weighted by Crippen LogP contribution is -2.32. The van der Waals surface area contributed by atoms with Crippen molar-refractivity contribution in [1.29, 1.82) is 0 Å². The first-order valence-electron chi connectivity index (χ1n) is 8.47. The van der Waals surface area contributed by atoms with Crippen molar-refractivity contribution in [2.75, 3.05) is 18.4 Å². The number of aryl methyl sites for hydroxylation is 1. The summed E-state index contributed by atoms with van der Waals surface area (Å²) in [5.41, 5.74) is 0.974. The first kappa shape index (κ1) is 17.2. The summed E-state index contributed by atoms with van der Waals surface area (Å²) in [6.45, 7) is 0.947. The molecule has 0 bridgehead atoms. The van der Waals surface area contributed by atoms with E-state index in [1.54, 1.807) is 42.6 Å². The number of thiazole rings is 1. The largest absolute Gasteiger partial charge is 0.360 e. The minimum absolute atomic E-state index is 0.223. The van der Waals surface area contributed by atoms with E-state index in [1.807, 2.05) is 24.3 Å². The molecule has 27 heavy (non-hydrogen) atoms. The van der Waals surface area contributed by atoms with Gasteiger partial charge in [-0.25, -0.2) is 9.67 Å². The molecule has 2 aromatic carbocycles. The fraction of sp³-hybridized carbons (Fsp3) is 0.158. The van der Waals surface area contributed by atoms with Gasteiger partial charge in [0.25, 0.3) is 11.5 Å². The van der Waals surface area contributed by atoms with Gasteiger partial charge in [0.15, 0.2) is 10.8 Å². The number of amides is 1. The van der Waals surface area contributed by atoms with Crippen LogP contribution in [0.1, 0.15) is 10.5 Å². The fourth-order valence-corrected chi connectivity index (χ4v) is 3.74. The van der Waals surface area contributed by atoms with Crippen molar-refractivity contribution < 1.29 is 4.79 Å². The first-order valence-corrected chi connectivity index (χ1v) is 9.29. The number of nitrogens with one attached hydrogen (secondary N) is 2. The van der Waals surface area contributed by atoms with Crippen molar-refractivity contribution >= 4 is 43.4 Å². The molecule has 4 aromatic rings. The van der Waals surface area contributed by atoms with Crippen molar-refractivity contribution in [3.63, 3.8) is 0 Å². The van der Waals surface area contributed by atoms with Crippen LogP contribution < -0.4 is 16.2 Å². The number of hydrogen-bond acceptors (Lipinski definition) is 6. The minimum Gasteiger partial charge on any atom is -0.360 e. The zero-order valence-electron chi connectivity index (χ0n) is 14.6. The molecule has 2 aromatic heterocycles. The Morgan fingerprint density at radius 3 is 2.63 bits per heavy atom. The first-order chi connectivity index (χ1) is 13.1. The fourth-order valence-electron chi connectivity index (χ4n) is 2.84. The van der Waals surface area contributed by atoms with Gasteiger partial charge in [-0.2, -0.15) is 5.10 Å². The van der Waals surface area contributed by atoms with Crippen LogP contribution in [-0.2, 0) is 7.05 Å². The van der Waals surface area contributed by atoms with E-state index in [4.69, 9.17) is 0 Å². The number of hydrogen-bond donors (Lipinski definition) is 2. The van der Waals surface area contributed by atoms with E-state index in [0.717, 1.165) is 15.3 Å². The lowest BCUT2D eigenvalue weighted by atomic mass is 10.1. The number of nitrogens with zero attached hydrogens (tertiary/aromatic N) is 3. The summed E-state index contributed by atoms with van der Waals surface area (Å²) in [5, 5.41) is 12.0. The molecule has 0 atom stereocenters. The second-order valence-corrected chi connectivity index (χ2v) is 7.02. The Morgan fingerprint density at radius 2 is 1.81 bits per heavy atom. The molecule has 0 fully saturated rings. The summed E-state index contributed by atoms with van der Waals surface area (Å²) < 4.78 is 2.31. The Hall–Kier alpha value is -3.26. The van der Waals surface area contributed by atoms with Gasteiger partial charge < -0.3 is 10.6 Å². The Morgan fingerprint density at radius 1 is 1.07 bits per heavy atom. The molecule has 0 saturated carbocycles. The Kier molecular flexibility index (Phi) is 4.55. The highest BCUT2D eigenvalue weighted by Crippen LogP contribution is 2.24. The molecule has 7 nitrogen and oxygen atoms in total. The van der Waals surface area contributed by atoms with Crippen LogP contribution in [0.3, 0.4) is 0 Å². The Balaban J connectivity index is 1.43. The second kappa shape index (κ2) is 7.16. The number of benzene rings is 2. The van der Waals surface area contributed by atoms with Crippen LogP contribution in [0.25, 0.3) is 21.0 Å². The van der Waals surface area contributed by atoms with Crippen LogP contribution >= 0.6 is 11.3 Å². The third-order valence-electron chi connectivity index (χ3n) is 4.15. The summed E-state index contributed by atoms with van der Waals surface area (Å²) in [5.74, 6) is -0.312. The molecule has 0 saturated heterocycles. The SMILES string of the molecule is Cn1nc(C(=O)NCCNc2nc3ccccc3s2)c2ccccc2c1=O. The highest BCUT2D eigenvalue weighted by molar-refractivity contribution is 7.22. The van der Waals surface area contributed by atoms with E-state index in [2.05, 4.69) is 20.7 Å². The maximum absolute atomic E-state index is 12.5. The van der Waals surface area contributed by atoms with Gasteiger partial charge in [0.2, 0.25) is 0 Å². The van der Waals surface area contributed by atoms with E-state index in [-0.39, 0.29) is 17.2 Å². The van der Waals surface area contributed by atoms with E-state index in [9.17, 15) is 9.59 Å². The molecule has 2 N–H and O–H groups in total. The average molecular weight is 379 g/mol. The van der Waals surface area contributed by atoms with Gasteiger partial charge in [0, 0.05) is 25.5 Å². The minimum atomic E-state index is -0.312. The van der Waals surface area contributed by atoms with Gasteiger partial charge in [-0.1, -0.05) is 41.7 Å². The van der Waals surface area contributed by atoms with Gasteiger partial charge >= 0.3 is 0 Å². The van der Waals surface area contributed by atoms with E-state index in [1.165, 1.54) is 4.68 Å². The lowest BCUT2D eigenvalue weighted by Gasteiger charge is -2.09. The van der Waals surface area contributed by atoms with E-state index < -0.39 is 0 Å². The molecule has 0 spiro atoms. The molecule has 2 heterocycles. The lowest BCUT2D eigenvalue weighted by molar-refractivity contribution is 0.0950. The van der Waals surface area contributed by atoms with Crippen LogP contribution in [0.4, 0.5) is 5.13 Å². The van der Waals surface area contributed by atoms with Crippen LogP contribution in [-0.4, -0.2) is 33.8 Å². The third-order valence-corrected chi connectivity index (χ3v) is 5.15. The van der Waals surface area contributed by atoms with Gasteiger partial charge in [0.1, 0.15) is 0 Å². The summed E-state index contributed by atoms with van der Waals surface area (Å²) in [6.07, 6.45) is 0. The molecular formula is C19H17N5O2S. The van der Waals surface area contributed by atoms with Crippen molar-refractivity contribution in [2.45, 2.75) is 0 Å². The molecule has 0 aliphatic carbocycles. The molecule has 0 radical (unpaired) electrons. The molecule has 4 rings (SSSR count). The number of fused-ring (bicyclic) bond motifs is 2. The van der Waals surface area contributed by atoms with Gasteiger partial charge in [0.05, 0.1) is 15.6 Å². The maximum atomic E-state index is 12.5. The Labute approximate surface area is 158 Å². The summed E-state index contributed by atoms with van der Waals surface area (Å²) in [4.78, 5) is 29.2. The summed E-state index contributed by atoms with van der Waals surface area (Å²) in [7, 11) is 1.54. The normalized spacial score (nSPS) is 11.0. The maximum Gasteiger partial charge on any atom is 0.274 e. The second-order valence-electron chi connectivity index (χ2n) is 5.99. The number of anilines is 1. The Bertz CT molecular complexity index is 1160. The zero-order chi connectivity index (χ0) is 18.8. The standard InChI is InChI=1S/C19H17N5O2S/c1-24-18(26)13-7-3-2-6-12(13)16(23-24)17(25)20-10-11-21-19-22-14-8-4-5-9-15(14)27-19/h2-9H,10-11H2,1H3,(H,20,25)(H,21,22). The predicted octanol–water partition coefficient (Wildman–Crippen LogP) is 2.39. The van der Waals surface area contributed by atoms with E-state index in [0.29, 0.717) is 23.9 Å². The number of rotatable bonds is 5.